The van der Waals surface area contributed by atoms with E-state index < -0.39 is 0 Å². The first-order valence-electron chi connectivity index (χ1n) is 15.4. The van der Waals surface area contributed by atoms with Crippen molar-refractivity contribution >= 4 is 0 Å². The van der Waals surface area contributed by atoms with E-state index in [0.717, 1.165) is 51.4 Å². The van der Waals surface area contributed by atoms with Crippen molar-refractivity contribution in [1.29, 1.82) is 0 Å². The van der Waals surface area contributed by atoms with Gasteiger partial charge in [0.15, 0.2) is 0 Å². The molecule has 3 rings (SSSR count). The van der Waals surface area contributed by atoms with Crippen LogP contribution in [0.3, 0.4) is 0 Å². The van der Waals surface area contributed by atoms with Crippen molar-refractivity contribution in [1.82, 2.24) is 0 Å². The first-order chi connectivity index (χ1) is 17.0. The highest BCUT2D eigenvalue weighted by atomic mass is 16.6. The second-order valence-corrected chi connectivity index (χ2v) is 14.6. The van der Waals surface area contributed by atoms with Crippen LogP contribution in [0.5, 0.6) is 0 Å². The molecule has 0 aromatic heterocycles. The molecule has 3 heterocycles. The lowest BCUT2D eigenvalue weighted by atomic mass is 9.73. The van der Waals surface area contributed by atoms with Crippen molar-refractivity contribution < 1.29 is 14.2 Å². The molecule has 0 amide bonds. The predicted molar refractivity (Wildman–Crippen MR) is 157 cm³/mol. The zero-order chi connectivity index (χ0) is 27.8. The maximum atomic E-state index is 7.10. The van der Waals surface area contributed by atoms with Crippen LogP contribution in [-0.2, 0) is 14.2 Å². The summed E-state index contributed by atoms with van der Waals surface area (Å²) in [5, 5.41) is 0. The van der Waals surface area contributed by atoms with E-state index in [2.05, 4.69) is 82.4 Å². The molecule has 3 heteroatoms. The summed E-state index contributed by atoms with van der Waals surface area (Å²) in [5.41, 5.74) is 1.84. The minimum Gasteiger partial charge on any atom is -0.369 e. The Morgan fingerprint density at radius 2 is 1.05 bits per heavy atom. The Bertz CT molecular complexity index is 754. The van der Waals surface area contributed by atoms with Crippen molar-refractivity contribution in [2.45, 2.75) is 168 Å². The fraction of sp³-hybridized carbons (Fsp3) is 0.882. The highest BCUT2D eigenvalue weighted by Gasteiger charge is 2.55. The zero-order valence-corrected chi connectivity index (χ0v) is 26.2. The van der Waals surface area contributed by atoms with E-state index in [9.17, 15) is 0 Å². The van der Waals surface area contributed by atoms with Gasteiger partial charge in [-0.05, 0) is 129 Å². The van der Waals surface area contributed by atoms with Gasteiger partial charge in [0, 0.05) is 0 Å². The number of allylic oxidation sites excluding steroid dienone is 2. The first-order valence-corrected chi connectivity index (χ1v) is 15.4. The Hall–Kier alpha value is -0.640. The van der Waals surface area contributed by atoms with Crippen LogP contribution < -0.4 is 0 Å². The van der Waals surface area contributed by atoms with Gasteiger partial charge < -0.3 is 14.2 Å². The molecular formula is C34H60O3. The summed E-state index contributed by atoms with van der Waals surface area (Å²) in [4.78, 5) is 0. The van der Waals surface area contributed by atoms with Gasteiger partial charge in [-0.25, -0.2) is 0 Å². The van der Waals surface area contributed by atoms with E-state index in [4.69, 9.17) is 14.2 Å². The van der Waals surface area contributed by atoms with Crippen LogP contribution in [0.25, 0.3) is 0 Å². The second kappa shape index (κ2) is 11.5. The molecule has 3 nitrogen and oxygen atoms in total. The minimum absolute atomic E-state index is 0.114. The molecule has 0 aromatic rings. The molecule has 214 valence electrons. The van der Waals surface area contributed by atoms with Crippen molar-refractivity contribution in [2.75, 3.05) is 0 Å². The van der Waals surface area contributed by atoms with Crippen LogP contribution in [0.2, 0.25) is 0 Å². The van der Waals surface area contributed by atoms with E-state index in [1.165, 1.54) is 24.0 Å². The van der Waals surface area contributed by atoms with Crippen LogP contribution in [0.4, 0.5) is 0 Å². The van der Waals surface area contributed by atoms with E-state index in [1.54, 1.807) is 0 Å². The normalized spacial score (nSPS) is 44.4. The van der Waals surface area contributed by atoms with E-state index in [-0.39, 0.29) is 34.6 Å². The Morgan fingerprint density at radius 1 is 0.703 bits per heavy atom. The summed E-state index contributed by atoms with van der Waals surface area (Å²) in [6.45, 7) is 31.3. The molecular weight excluding hydrogens is 456 g/mol. The van der Waals surface area contributed by atoms with Gasteiger partial charge in [-0.2, -0.15) is 0 Å². The van der Waals surface area contributed by atoms with Crippen LogP contribution in [-0.4, -0.2) is 34.6 Å². The number of ether oxygens (including phenoxy) is 3. The maximum absolute atomic E-state index is 7.10. The topological polar surface area (TPSA) is 27.7 Å². The minimum atomic E-state index is -0.235. The fourth-order valence-electron chi connectivity index (χ4n) is 7.07. The first kappa shape index (κ1) is 30.9. The molecule has 3 aliphatic rings. The second-order valence-electron chi connectivity index (χ2n) is 14.6. The lowest BCUT2D eigenvalue weighted by molar-refractivity contribution is -0.271. The van der Waals surface area contributed by atoms with Gasteiger partial charge >= 0.3 is 0 Å². The van der Waals surface area contributed by atoms with E-state index in [1.807, 2.05) is 0 Å². The van der Waals surface area contributed by atoms with Crippen molar-refractivity contribution in [2.24, 2.45) is 23.7 Å². The molecule has 0 saturated carbocycles. The highest BCUT2D eigenvalue weighted by Crippen LogP contribution is 2.51. The molecule has 37 heavy (non-hydrogen) atoms. The van der Waals surface area contributed by atoms with Gasteiger partial charge in [0.25, 0.3) is 0 Å². The van der Waals surface area contributed by atoms with Crippen LogP contribution in [0, 0.1) is 23.7 Å². The molecule has 0 bridgehead atoms. The largest absolute Gasteiger partial charge is 0.369 e. The van der Waals surface area contributed by atoms with Crippen molar-refractivity contribution in [3.8, 4) is 0 Å². The van der Waals surface area contributed by atoms with Gasteiger partial charge in [0.05, 0.1) is 34.6 Å². The molecule has 3 saturated heterocycles. The third kappa shape index (κ3) is 6.75. The Kier molecular flexibility index (Phi) is 9.57. The maximum Gasteiger partial charge on any atom is 0.0922 e. The fourth-order valence-corrected chi connectivity index (χ4v) is 7.07. The summed E-state index contributed by atoms with van der Waals surface area (Å²) >= 11 is 0. The van der Waals surface area contributed by atoms with Crippen molar-refractivity contribution in [3.63, 3.8) is 0 Å². The Balaban J connectivity index is 1.67. The predicted octanol–water partition coefficient (Wildman–Crippen LogP) is 9.45. The molecule has 3 aliphatic heterocycles. The number of hydrogen-bond acceptors (Lipinski definition) is 3. The monoisotopic (exact) mass is 516 g/mol. The molecule has 0 aromatic carbocycles. The highest BCUT2D eigenvalue weighted by molar-refractivity contribution is 5.05. The summed E-state index contributed by atoms with van der Waals surface area (Å²) in [6, 6.07) is 0. The molecule has 0 unspecified atom stereocenters. The lowest BCUT2D eigenvalue weighted by Crippen LogP contribution is -2.57. The zero-order valence-electron chi connectivity index (χ0n) is 26.2. The summed E-state index contributed by atoms with van der Waals surface area (Å²) in [5.74, 6) is 2.17. The van der Waals surface area contributed by atoms with Gasteiger partial charge in [-0.15, -0.1) is 0 Å². The number of rotatable bonds is 10. The smallest absolute Gasteiger partial charge is 0.0922 e. The standard InChI is InChI=1S/C34H60O3/c1-23(2)25(5)15-19-31(9)27(7)17-21-33(11,36-31)29-13-14-30(35-29)34(12)22-18-28(8)32(10,37-34)20-16-26(6)24(3)4/h25-30H,1,3,13-22H2,2,4-12H3/t25-,26+,27-,28-,29-,30-,31+,32+,33-,34+/m1/s1. The molecule has 0 spiro atoms. The summed E-state index contributed by atoms with van der Waals surface area (Å²) in [7, 11) is 0. The average molecular weight is 517 g/mol. The lowest BCUT2D eigenvalue weighted by Gasteiger charge is -2.53. The number of hydrogen-bond donors (Lipinski definition) is 0. The molecule has 3 fully saturated rings. The SMILES string of the molecule is C=C(C)[C@H](C)CC[C@]1(C)O[C@@](C)([C@H]2CC[C@H]([C@]3(C)CC[C@@H](C)[C@](C)(CC[C@H](C)C(=C)C)O3)O2)CC[C@H]1C. The van der Waals surface area contributed by atoms with Crippen LogP contribution in [0.1, 0.15) is 133 Å². The Labute approximate surface area is 230 Å². The average Bonchev–Trinajstić information content (AvgIpc) is 3.34. The van der Waals surface area contributed by atoms with Gasteiger partial charge in [-0.1, -0.05) is 52.0 Å². The Morgan fingerprint density at radius 3 is 1.38 bits per heavy atom. The van der Waals surface area contributed by atoms with E-state index >= 15 is 0 Å². The van der Waals surface area contributed by atoms with E-state index in [0.29, 0.717) is 23.7 Å². The third-order valence-electron chi connectivity index (χ3n) is 11.4. The third-order valence-corrected chi connectivity index (χ3v) is 11.4. The molecule has 0 N–H and O–H groups in total. The van der Waals surface area contributed by atoms with Crippen LogP contribution >= 0.6 is 0 Å². The summed E-state index contributed by atoms with van der Waals surface area (Å²) < 4.78 is 21.1. The van der Waals surface area contributed by atoms with Gasteiger partial charge in [0.1, 0.15) is 0 Å². The quantitative estimate of drug-likeness (QED) is 0.271. The van der Waals surface area contributed by atoms with Crippen molar-refractivity contribution in [3.05, 3.63) is 24.3 Å². The van der Waals surface area contributed by atoms with Gasteiger partial charge in [-0.3, -0.25) is 0 Å². The molecule has 0 aliphatic carbocycles. The van der Waals surface area contributed by atoms with Gasteiger partial charge in [0.2, 0.25) is 0 Å². The molecule has 10 atom stereocenters. The summed E-state index contributed by atoms with van der Waals surface area (Å²) in [6.07, 6.45) is 11.4. The van der Waals surface area contributed by atoms with Crippen LogP contribution in [0.15, 0.2) is 24.3 Å². The molecule has 0 radical (unpaired) electrons.